The van der Waals surface area contributed by atoms with Crippen LogP contribution in [0.2, 0.25) is 0 Å². The van der Waals surface area contributed by atoms with Crippen LogP contribution in [0.3, 0.4) is 0 Å². The summed E-state index contributed by atoms with van der Waals surface area (Å²) >= 11 is 0. The topological polar surface area (TPSA) is 29.3 Å². The van der Waals surface area contributed by atoms with Gasteiger partial charge >= 0.3 is 0 Å². The summed E-state index contributed by atoms with van der Waals surface area (Å²) in [6, 6.07) is 6.12. The molecule has 2 aromatic heterocycles. The lowest BCUT2D eigenvalue weighted by atomic mass is 10.1. The van der Waals surface area contributed by atoms with Gasteiger partial charge in [-0.05, 0) is 32.0 Å². The van der Waals surface area contributed by atoms with Crippen LogP contribution in [0.15, 0.2) is 30.6 Å². The fourth-order valence-corrected chi connectivity index (χ4v) is 2.13. The number of pyridine rings is 1. The third-order valence-corrected chi connectivity index (χ3v) is 3.40. The molecule has 1 aliphatic rings. The molecule has 0 atom stereocenters. The largest absolute Gasteiger partial charge is 0.314 e. The molecule has 0 saturated heterocycles. The molecule has 0 aromatic carbocycles. The fourth-order valence-electron chi connectivity index (χ4n) is 2.13. The van der Waals surface area contributed by atoms with Gasteiger partial charge in [-0.15, -0.1) is 0 Å². The van der Waals surface area contributed by atoms with E-state index in [9.17, 15) is 0 Å². The van der Waals surface area contributed by atoms with E-state index >= 15 is 0 Å². The van der Waals surface area contributed by atoms with E-state index in [1.54, 1.807) is 0 Å². The van der Waals surface area contributed by atoms with Crippen molar-refractivity contribution in [3.05, 3.63) is 36.3 Å². The van der Waals surface area contributed by atoms with E-state index in [0.29, 0.717) is 5.54 Å². The van der Waals surface area contributed by atoms with E-state index in [1.807, 2.05) is 18.3 Å². The zero-order chi connectivity index (χ0) is 10.3. The van der Waals surface area contributed by atoms with Gasteiger partial charge in [0.05, 0.1) is 0 Å². The van der Waals surface area contributed by atoms with Crippen molar-refractivity contribution in [2.75, 3.05) is 7.05 Å². The Kier molecular flexibility index (Phi) is 1.83. The Hall–Kier alpha value is -1.35. The molecule has 0 radical (unpaired) electrons. The normalized spacial score (nSPS) is 18.2. The molecule has 15 heavy (non-hydrogen) atoms. The molecule has 2 aromatic rings. The van der Waals surface area contributed by atoms with Crippen LogP contribution in [-0.2, 0) is 6.42 Å². The van der Waals surface area contributed by atoms with Crippen LogP contribution in [0.5, 0.6) is 0 Å². The van der Waals surface area contributed by atoms with Gasteiger partial charge < -0.3 is 9.72 Å². The van der Waals surface area contributed by atoms with Crippen LogP contribution in [0, 0.1) is 0 Å². The number of hydrogen-bond donors (Lipinski definition) is 1. The van der Waals surface area contributed by atoms with E-state index in [2.05, 4.69) is 34.0 Å². The number of hydrogen-bond acceptors (Lipinski definition) is 2. The number of rotatable bonds is 3. The number of aromatic nitrogens is 2. The van der Waals surface area contributed by atoms with E-state index in [0.717, 1.165) is 12.1 Å². The summed E-state index contributed by atoms with van der Waals surface area (Å²) in [6.45, 7) is 0. The molecular formula is C12H15N3. The average molecular weight is 201 g/mol. The third kappa shape index (κ3) is 1.43. The lowest BCUT2D eigenvalue weighted by Gasteiger charge is -2.13. The lowest BCUT2D eigenvalue weighted by Crippen LogP contribution is -2.30. The van der Waals surface area contributed by atoms with Crippen molar-refractivity contribution in [2.24, 2.45) is 0 Å². The SMILES string of the molecule is CNC1(Cc2cnc3ccccn23)CC1. The molecule has 78 valence electrons. The van der Waals surface area contributed by atoms with Crippen molar-refractivity contribution in [1.82, 2.24) is 14.7 Å². The fraction of sp³-hybridized carbons (Fsp3) is 0.417. The minimum Gasteiger partial charge on any atom is -0.314 e. The highest BCUT2D eigenvalue weighted by molar-refractivity contribution is 5.40. The highest BCUT2D eigenvalue weighted by Crippen LogP contribution is 2.38. The predicted octanol–water partition coefficient (Wildman–Crippen LogP) is 1.63. The van der Waals surface area contributed by atoms with Gasteiger partial charge in [-0.25, -0.2) is 4.98 Å². The van der Waals surface area contributed by atoms with E-state index < -0.39 is 0 Å². The zero-order valence-corrected chi connectivity index (χ0v) is 8.90. The molecule has 3 nitrogen and oxygen atoms in total. The van der Waals surface area contributed by atoms with Gasteiger partial charge in [0.15, 0.2) is 0 Å². The van der Waals surface area contributed by atoms with Crippen molar-refractivity contribution in [2.45, 2.75) is 24.8 Å². The second kappa shape index (κ2) is 3.07. The van der Waals surface area contributed by atoms with Crippen LogP contribution in [0.25, 0.3) is 5.65 Å². The highest BCUT2D eigenvalue weighted by atomic mass is 15.0. The summed E-state index contributed by atoms with van der Waals surface area (Å²) in [4.78, 5) is 4.40. The minimum atomic E-state index is 0.353. The molecule has 3 heteroatoms. The van der Waals surface area contributed by atoms with Gasteiger partial charge in [-0.2, -0.15) is 0 Å². The number of likely N-dealkylation sites (N-methyl/N-ethyl adjacent to an activating group) is 1. The number of fused-ring (bicyclic) bond motifs is 1. The zero-order valence-electron chi connectivity index (χ0n) is 8.90. The summed E-state index contributed by atoms with van der Waals surface area (Å²) in [6.07, 6.45) is 7.72. The maximum atomic E-state index is 4.40. The highest BCUT2D eigenvalue weighted by Gasteiger charge is 2.41. The quantitative estimate of drug-likeness (QED) is 0.817. The Morgan fingerprint density at radius 3 is 3.07 bits per heavy atom. The first-order chi connectivity index (χ1) is 7.33. The summed E-state index contributed by atoms with van der Waals surface area (Å²) in [7, 11) is 2.05. The van der Waals surface area contributed by atoms with E-state index in [-0.39, 0.29) is 0 Å². The van der Waals surface area contributed by atoms with Gasteiger partial charge in [-0.1, -0.05) is 6.07 Å². The molecule has 0 bridgehead atoms. The van der Waals surface area contributed by atoms with Crippen LogP contribution in [0.1, 0.15) is 18.5 Å². The average Bonchev–Trinajstić information content (AvgIpc) is 2.95. The first-order valence-corrected chi connectivity index (χ1v) is 5.43. The molecule has 0 spiro atoms. The number of imidazole rings is 1. The monoisotopic (exact) mass is 201 g/mol. The summed E-state index contributed by atoms with van der Waals surface area (Å²) in [5, 5.41) is 3.41. The van der Waals surface area contributed by atoms with Gasteiger partial charge in [0.1, 0.15) is 5.65 Å². The van der Waals surface area contributed by atoms with Gasteiger partial charge in [0.2, 0.25) is 0 Å². The first-order valence-electron chi connectivity index (χ1n) is 5.43. The van der Waals surface area contributed by atoms with Gasteiger partial charge in [0, 0.05) is 30.0 Å². The Labute approximate surface area is 89.1 Å². The minimum absolute atomic E-state index is 0.353. The van der Waals surface area contributed by atoms with Crippen LogP contribution in [0.4, 0.5) is 0 Å². The van der Waals surface area contributed by atoms with Gasteiger partial charge in [0.25, 0.3) is 0 Å². The summed E-state index contributed by atoms with van der Waals surface area (Å²) in [5.41, 5.74) is 2.70. The van der Waals surface area contributed by atoms with Crippen LogP contribution in [-0.4, -0.2) is 22.0 Å². The van der Waals surface area contributed by atoms with Crippen molar-refractivity contribution >= 4 is 5.65 Å². The second-order valence-corrected chi connectivity index (χ2v) is 4.39. The Bertz CT molecular complexity index is 482. The molecule has 0 amide bonds. The Balaban J connectivity index is 1.98. The van der Waals surface area contributed by atoms with Crippen molar-refractivity contribution in [1.29, 1.82) is 0 Å². The molecule has 2 heterocycles. The van der Waals surface area contributed by atoms with Gasteiger partial charge in [-0.3, -0.25) is 0 Å². The van der Waals surface area contributed by atoms with Crippen LogP contribution >= 0.6 is 0 Å². The molecule has 1 saturated carbocycles. The molecule has 0 unspecified atom stereocenters. The number of nitrogens with one attached hydrogen (secondary N) is 1. The maximum Gasteiger partial charge on any atom is 0.136 e. The first kappa shape index (κ1) is 8.92. The summed E-state index contributed by atoms with van der Waals surface area (Å²) < 4.78 is 2.18. The molecule has 1 fully saturated rings. The van der Waals surface area contributed by atoms with Crippen LogP contribution < -0.4 is 5.32 Å². The van der Waals surface area contributed by atoms with Crippen molar-refractivity contribution in [3.63, 3.8) is 0 Å². The molecule has 3 rings (SSSR count). The third-order valence-electron chi connectivity index (χ3n) is 3.40. The van der Waals surface area contributed by atoms with E-state index in [4.69, 9.17) is 0 Å². The molecule has 1 N–H and O–H groups in total. The molecular weight excluding hydrogens is 186 g/mol. The molecule has 1 aliphatic carbocycles. The summed E-state index contributed by atoms with van der Waals surface area (Å²) in [5.74, 6) is 0. The smallest absolute Gasteiger partial charge is 0.136 e. The van der Waals surface area contributed by atoms with E-state index in [1.165, 1.54) is 18.5 Å². The maximum absolute atomic E-state index is 4.40. The van der Waals surface area contributed by atoms with Crippen molar-refractivity contribution < 1.29 is 0 Å². The Morgan fingerprint density at radius 1 is 1.47 bits per heavy atom. The second-order valence-electron chi connectivity index (χ2n) is 4.39. The predicted molar refractivity (Wildman–Crippen MR) is 59.9 cm³/mol. The molecule has 0 aliphatic heterocycles. The lowest BCUT2D eigenvalue weighted by molar-refractivity contribution is 0.540. The van der Waals surface area contributed by atoms with Crippen molar-refractivity contribution in [3.8, 4) is 0 Å². The number of nitrogens with zero attached hydrogens (tertiary/aromatic N) is 2. The Morgan fingerprint density at radius 2 is 2.33 bits per heavy atom. The standard InChI is InChI=1S/C12H15N3/c1-13-12(5-6-12)8-10-9-14-11-4-2-3-7-15(10)11/h2-4,7,9,13H,5-6,8H2,1H3.